The minimum Gasteiger partial charge on any atom is -0.383 e. The fourth-order valence-electron chi connectivity index (χ4n) is 3.59. The summed E-state index contributed by atoms with van der Waals surface area (Å²) in [5.74, 6) is -0.0292. The second-order valence-electron chi connectivity index (χ2n) is 8.45. The van der Waals surface area contributed by atoms with Gasteiger partial charge in [-0.25, -0.2) is 4.79 Å². The third-order valence-corrected chi connectivity index (χ3v) is 5.68. The summed E-state index contributed by atoms with van der Waals surface area (Å²) >= 11 is 0. The maximum absolute atomic E-state index is 13.6. The maximum Gasteiger partial charge on any atom is 0.330 e. The van der Waals surface area contributed by atoms with Crippen molar-refractivity contribution in [3.8, 4) is 0 Å². The minimum absolute atomic E-state index is 0.00656. The molecule has 7 heteroatoms. The summed E-state index contributed by atoms with van der Waals surface area (Å²) in [6.07, 6.45) is 0.674. The molecule has 0 radical (unpaired) electrons. The lowest BCUT2D eigenvalue weighted by Crippen LogP contribution is -2.42. The fraction of sp³-hybridized carbons (Fsp3) is 0.320. The lowest BCUT2D eigenvalue weighted by atomic mass is 10.0. The van der Waals surface area contributed by atoms with Crippen LogP contribution in [-0.2, 0) is 6.54 Å². The summed E-state index contributed by atoms with van der Waals surface area (Å²) in [5.41, 5.74) is 8.30. The molecule has 0 aliphatic heterocycles. The van der Waals surface area contributed by atoms with Crippen LogP contribution in [0.1, 0.15) is 47.3 Å². The number of benzene rings is 2. The number of hydrogen-bond acceptors (Lipinski definition) is 4. The number of carbonyl (C=O) groups is 1. The van der Waals surface area contributed by atoms with Crippen LogP contribution in [0.4, 0.5) is 11.5 Å². The number of aryl methyl sites for hydroxylation is 1. The van der Waals surface area contributed by atoms with Gasteiger partial charge in [0.1, 0.15) is 5.82 Å². The van der Waals surface area contributed by atoms with Gasteiger partial charge in [-0.05, 0) is 48.9 Å². The highest BCUT2D eigenvalue weighted by atomic mass is 16.2. The summed E-state index contributed by atoms with van der Waals surface area (Å²) < 4.78 is 1.30. The van der Waals surface area contributed by atoms with E-state index < -0.39 is 11.2 Å². The van der Waals surface area contributed by atoms with Crippen LogP contribution >= 0.6 is 0 Å². The molecular weight excluding hydrogens is 404 g/mol. The topological polar surface area (TPSA) is 101 Å². The Morgan fingerprint density at radius 1 is 1.06 bits per heavy atom. The van der Waals surface area contributed by atoms with Crippen LogP contribution in [-0.4, -0.2) is 22.0 Å². The Morgan fingerprint density at radius 3 is 2.41 bits per heavy atom. The number of nitrogens with one attached hydrogen (secondary N) is 1. The third kappa shape index (κ3) is 4.82. The molecule has 3 rings (SSSR count). The number of carbonyl (C=O) groups excluding carboxylic acids is 1. The van der Waals surface area contributed by atoms with Crippen LogP contribution in [0.2, 0.25) is 0 Å². The first-order chi connectivity index (χ1) is 15.2. The zero-order chi connectivity index (χ0) is 23.4. The summed E-state index contributed by atoms with van der Waals surface area (Å²) in [6, 6.07) is 14.8. The Balaban J connectivity index is 2.14. The lowest BCUT2D eigenvalue weighted by molar-refractivity contribution is 0.0985. The van der Waals surface area contributed by atoms with E-state index in [4.69, 9.17) is 5.73 Å². The first-order valence-electron chi connectivity index (χ1n) is 10.7. The molecule has 0 spiro atoms. The molecular formula is C25H30N4O3. The molecule has 32 heavy (non-hydrogen) atoms. The molecule has 0 fully saturated rings. The Bertz CT molecular complexity index is 1230. The van der Waals surface area contributed by atoms with E-state index in [0.717, 1.165) is 16.7 Å². The molecule has 0 atom stereocenters. The number of H-pyrrole nitrogens is 1. The van der Waals surface area contributed by atoms with E-state index in [2.05, 4.69) is 4.98 Å². The predicted octanol–water partition coefficient (Wildman–Crippen LogP) is 3.48. The average molecular weight is 435 g/mol. The lowest BCUT2D eigenvalue weighted by Gasteiger charge is -2.26. The Kier molecular flexibility index (Phi) is 6.98. The van der Waals surface area contributed by atoms with Crippen molar-refractivity contribution in [3.63, 3.8) is 0 Å². The largest absolute Gasteiger partial charge is 0.383 e. The summed E-state index contributed by atoms with van der Waals surface area (Å²) in [4.78, 5) is 42.8. The van der Waals surface area contributed by atoms with Gasteiger partial charge < -0.3 is 10.6 Å². The van der Waals surface area contributed by atoms with E-state index in [1.54, 1.807) is 6.07 Å². The number of aromatic nitrogens is 2. The van der Waals surface area contributed by atoms with Gasteiger partial charge in [0, 0.05) is 12.1 Å². The number of aromatic amines is 1. The van der Waals surface area contributed by atoms with E-state index >= 15 is 0 Å². The summed E-state index contributed by atoms with van der Waals surface area (Å²) in [7, 11) is 0. The molecule has 0 saturated carbocycles. The first-order valence-corrected chi connectivity index (χ1v) is 10.7. The number of anilines is 2. The number of nitrogens with two attached hydrogens (primary N) is 1. The van der Waals surface area contributed by atoms with Gasteiger partial charge in [0.2, 0.25) is 0 Å². The molecule has 1 aromatic heterocycles. The second kappa shape index (κ2) is 9.68. The standard InChI is InChI=1S/C25H30N4O3/c1-16(2)13-14-28(24(31)20-12-8-9-17(3)18(20)4)21-22(26)29(25(32)27-23(21)30)15-19-10-6-5-7-11-19/h5-12,16H,13-15,26H2,1-4H3,(H,27,30,32). The smallest absolute Gasteiger partial charge is 0.330 e. The molecule has 3 aromatic rings. The quantitative estimate of drug-likeness (QED) is 0.594. The van der Waals surface area contributed by atoms with Crippen molar-refractivity contribution in [2.45, 2.75) is 40.7 Å². The molecule has 7 nitrogen and oxygen atoms in total. The molecule has 1 amide bonds. The zero-order valence-electron chi connectivity index (χ0n) is 19.0. The van der Waals surface area contributed by atoms with Gasteiger partial charge in [0.15, 0.2) is 5.69 Å². The molecule has 0 saturated heterocycles. The van der Waals surface area contributed by atoms with Crippen molar-refractivity contribution < 1.29 is 4.79 Å². The van der Waals surface area contributed by atoms with Crippen molar-refractivity contribution in [1.82, 2.24) is 9.55 Å². The SMILES string of the molecule is Cc1cccc(C(=O)N(CCC(C)C)c2c(N)n(Cc3ccccc3)c(=O)[nH]c2=O)c1C. The normalized spacial score (nSPS) is 11.0. The molecule has 1 heterocycles. The van der Waals surface area contributed by atoms with Crippen molar-refractivity contribution in [1.29, 1.82) is 0 Å². The van der Waals surface area contributed by atoms with Gasteiger partial charge in [-0.2, -0.15) is 0 Å². The summed E-state index contributed by atoms with van der Waals surface area (Å²) in [5, 5.41) is 0. The third-order valence-electron chi connectivity index (χ3n) is 5.68. The van der Waals surface area contributed by atoms with E-state index in [1.807, 2.05) is 70.2 Å². The number of amides is 1. The highest BCUT2D eigenvalue weighted by molar-refractivity contribution is 6.08. The molecule has 0 aliphatic rings. The molecule has 168 valence electrons. The number of rotatable bonds is 7. The van der Waals surface area contributed by atoms with E-state index in [9.17, 15) is 14.4 Å². The van der Waals surface area contributed by atoms with E-state index in [0.29, 0.717) is 24.4 Å². The van der Waals surface area contributed by atoms with Crippen LogP contribution in [0.5, 0.6) is 0 Å². The first kappa shape index (κ1) is 23.1. The molecule has 0 unspecified atom stereocenters. The Labute approximate surface area is 187 Å². The maximum atomic E-state index is 13.6. The van der Waals surface area contributed by atoms with Crippen LogP contribution in [0.25, 0.3) is 0 Å². The van der Waals surface area contributed by atoms with Gasteiger partial charge in [0.05, 0.1) is 6.54 Å². The predicted molar refractivity (Wildman–Crippen MR) is 128 cm³/mol. The van der Waals surface area contributed by atoms with Gasteiger partial charge in [0.25, 0.3) is 11.5 Å². The van der Waals surface area contributed by atoms with Gasteiger partial charge in [-0.15, -0.1) is 0 Å². The van der Waals surface area contributed by atoms with Crippen LogP contribution in [0.15, 0.2) is 58.1 Å². The summed E-state index contributed by atoms with van der Waals surface area (Å²) in [6.45, 7) is 8.40. The zero-order valence-corrected chi connectivity index (χ0v) is 19.0. The Hall–Kier alpha value is -3.61. The minimum atomic E-state index is -0.667. The molecule has 2 aromatic carbocycles. The van der Waals surface area contributed by atoms with Gasteiger partial charge in [-0.3, -0.25) is 19.1 Å². The number of nitrogen functional groups attached to an aromatic ring is 1. The van der Waals surface area contributed by atoms with Crippen molar-refractivity contribution in [3.05, 3.63) is 91.6 Å². The van der Waals surface area contributed by atoms with Gasteiger partial charge >= 0.3 is 5.69 Å². The van der Waals surface area contributed by atoms with E-state index in [1.165, 1.54) is 9.47 Å². The van der Waals surface area contributed by atoms with Crippen LogP contribution in [0.3, 0.4) is 0 Å². The van der Waals surface area contributed by atoms with Crippen molar-refractivity contribution >= 4 is 17.4 Å². The van der Waals surface area contributed by atoms with Crippen LogP contribution < -0.4 is 21.9 Å². The highest BCUT2D eigenvalue weighted by Crippen LogP contribution is 2.23. The van der Waals surface area contributed by atoms with E-state index in [-0.39, 0.29) is 24.0 Å². The number of nitrogens with zero attached hydrogens (tertiary/aromatic N) is 2. The highest BCUT2D eigenvalue weighted by Gasteiger charge is 2.26. The van der Waals surface area contributed by atoms with Crippen LogP contribution in [0, 0.1) is 19.8 Å². The van der Waals surface area contributed by atoms with Gasteiger partial charge in [-0.1, -0.05) is 56.3 Å². The fourth-order valence-corrected chi connectivity index (χ4v) is 3.59. The number of hydrogen-bond donors (Lipinski definition) is 2. The molecule has 3 N–H and O–H groups in total. The van der Waals surface area contributed by atoms with Crippen molar-refractivity contribution in [2.75, 3.05) is 17.2 Å². The molecule has 0 aliphatic carbocycles. The average Bonchev–Trinajstić information content (AvgIpc) is 2.75. The molecule has 0 bridgehead atoms. The monoisotopic (exact) mass is 434 g/mol. The second-order valence-corrected chi connectivity index (χ2v) is 8.45. The Morgan fingerprint density at radius 2 is 1.75 bits per heavy atom. The van der Waals surface area contributed by atoms with Crippen molar-refractivity contribution in [2.24, 2.45) is 5.92 Å².